The summed E-state index contributed by atoms with van der Waals surface area (Å²) in [5.74, 6) is 0.00463. The molecule has 0 saturated heterocycles. The minimum absolute atomic E-state index is 0. The van der Waals surface area contributed by atoms with Gasteiger partial charge in [-0.15, -0.1) is 0 Å². The first-order valence-electron chi connectivity index (χ1n) is 7.25. The molecule has 1 rings (SSSR count). The van der Waals surface area contributed by atoms with Gasteiger partial charge in [0, 0.05) is 14.0 Å². The second-order valence-electron chi connectivity index (χ2n) is 4.35. The van der Waals surface area contributed by atoms with Gasteiger partial charge in [0.05, 0.1) is 0 Å². The molecule has 2 N–H and O–H groups in total. The maximum absolute atomic E-state index is 9.70. The second-order valence-corrected chi connectivity index (χ2v) is 4.35. The van der Waals surface area contributed by atoms with Crippen LogP contribution in [0.5, 0.6) is 0 Å². The van der Waals surface area contributed by atoms with Crippen LogP contribution in [0.15, 0.2) is 24.3 Å². The molecule has 0 atom stereocenters. The number of carbonyl (C=O) groups is 1. The molecular formula is C19H42N2O. The second kappa shape index (κ2) is 27.9. The van der Waals surface area contributed by atoms with E-state index in [4.69, 9.17) is 0 Å². The van der Waals surface area contributed by atoms with E-state index in [2.05, 4.69) is 62.6 Å². The van der Waals surface area contributed by atoms with Gasteiger partial charge in [-0.25, -0.2) is 0 Å². The van der Waals surface area contributed by atoms with E-state index in [1.54, 1.807) is 7.05 Å². The lowest BCUT2D eigenvalue weighted by Gasteiger charge is -1.94. The van der Waals surface area contributed by atoms with Crippen LogP contribution in [0.4, 0.5) is 0 Å². The normalized spacial score (nSPS) is 7.09. The number of aryl methyl sites for hydroxylation is 2. The van der Waals surface area contributed by atoms with Crippen LogP contribution in [-0.2, 0) is 11.2 Å². The van der Waals surface area contributed by atoms with E-state index >= 15 is 0 Å². The molecule has 1 aromatic rings. The number of rotatable bonds is 1. The standard InChI is InChI=1S/C9H12.C3H7NO.C3H8.C2H7N.2CH4/c1-3-9-6-4-8(2)5-7-9;1-3(5)4-2;2*1-3-2;;/h4-7H,3H2,1-2H3;1-2H3,(H,4,5);3H2,1-2H3;3H,1-2H3;2*1H4. The Hall–Kier alpha value is -1.35. The number of benzene rings is 1. The molecule has 0 heterocycles. The van der Waals surface area contributed by atoms with Crippen molar-refractivity contribution < 1.29 is 4.79 Å². The molecule has 0 fully saturated rings. The van der Waals surface area contributed by atoms with E-state index in [9.17, 15) is 4.79 Å². The Labute approximate surface area is 140 Å². The first kappa shape index (κ1) is 32.6. The van der Waals surface area contributed by atoms with Crippen LogP contribution in [0.3, 0.4) is 0 Å². The van der Waals surface area contributed by atoms with Gasteiger partial charge in [-0.2, -0.15) is 0 Å². The zero-order valence-electron chi connectivity index (χ0n) is 14.6. The van der Waals surface area contributed by atoms with Crippen LogP contribution in [0, 0.1) is 6.92 Å². The van der Waals surface area contributed by atoms with E-state index in [1.165, 1.54) is 24.5 Å². The minimum Gasteiger partial charge on any atom is -0.359 e. The predicted octanol–water partition coefficient (Wildman–Crippen LogP) is 4.83. The summed E-state index contributed by atoms with van der Waals surface area (Å²) in [5.41, 5.74) is 2.76. The van der Waals surface area contributed by atoms with E-state index in [0.29, 0.717) is 0 Å². The monoisotopic (exact) mass is 314 g/mol. The zero-order valence-corrected chi connectivity index (χ0v) is 14.6. The fraction of sp³-hybridized carbons (Fsp3) is 0.632. The summed E-state index contributed by atoms with van der Waals surface area (Å²) < 4.78 is 0. The number of nitrogens with one attached hydrogen (secondary N) is 2. The molecule has 0 unspecified atom stereocenters. The van der Waals surface area contributed by atoms with Crippen LogP contribution in [0.1, 0.15) is 60.1 Å². The Morgan fingerprint density at radius 2 is 1.23 bits per heavy atom. The third-order valence-electron chi connectivity index (χ3n) is 1.88. The molecule has 0 saturated carbocycles. The van der Waals surface area contributed by atoms with Crippen LogP contribution in [0.2, 0.25) is 0 Å². The lowest BCUT2D eigenvalue weighted by Crippen LogP contribution is -2.11. The summed E-state index contributed by atoms with van der Waals surface area (Å²) in [6, 6.07) is 8.66. The third-order valence-corrected chi connectivity index (χ3v) is 1.88. The lowest BCUT2D eigenvalue weighted by atomic mass is 10.1. The van der Waals surface area contributed by atoms with Gasteiger partial charge >= 0.3 is 0 Å². The topological polar surface area (TPSA) is 41.1 Å². The van der Waals surface area contributed by atoms with Crippen molar-refractivity contribution in [3.05, 3.63) is 35.4 Å². The quantitative estimate of drug-likeness (QED) is 0.779. The fourth-order valence-electron chi connectivity index (χ4n) is 0.824. The van der Waals surface area contributed by atoms with Gasteiger partial charge in [-0.3, -0.25) is 4.79 Å². The van der Waals surface area contributed by atoms with E-state index in [0.717, 1.165) is 6.42 Å². The first-order chi connectivity index (χ1) is 9.42. The van der Waals surface area contributed by atoms with Gasteiger partial charge in [0.1, 0.15) is 0 Å². The maximum Gasteiger partial charge on any atom is 0.216 e. The van der Waals surface area contributed by atoms with Gasteiger partial charge in [-0.1, -0.05) is 71.9 Å². The minimum atomic E-state index is 0. The number of hydrogen-bond acceptors (Lipinski definition) is 2. The highest BCUT2D eigenvalue weighted by molar-refractivity contribution is 5.72. The van der Waals surface area contributed by atoms with Crippen molar-refractivity contribution in [2.75, 3.05) is 21.1 Å². The summed E-state index contributed by atoms with van der Waals surface area (Å²) in [7, 11) is 5.35. The van der Waals surface area contributed by atoms with Gasteiger partial charge in [0.25, 0.3) is 0 Å². The molecule has 134 valence electrons. The van der Waals surface area contributed by atoms with Crippen molar-refractivity contribution in [2.45, 2.75) is 62.3 Å². The number of amides is 1. The predicted molar refractivity (Wildman–Crippen MR) is 105 cm³/mol. The fourth-order valence-corrected chi connectivity index (χ4v) is 0.824. The van der Waals surface area contributed by atoms with Crippen molar-refractivity contribution in [2.24, 2.45) is 0 Å². The molecule has 22 heavy (non-hydrogen) atoms. The average Bonchev–Trinajstić information content (AvgIpc) is 2.42. The van der Waals surface area contributed by atoms with E-state index in [1.807, 2.05) is 14.1 Å². The molecule has 0 bridgehead atoms. The van der Waals surface area contributed by atoms with Crippen molar-refractivity contribution >= 4 is 5.91 Å². The molecule has 1 aromatic carbocycles. The molecule has 0 aliphatic carbocycles. The van der Waals surface area contributed by atoms with Gasteiger partial charge in [-0.05, 0) is 33.0 Å². The molecule has 0 aliphatic rings. The Morgan fingerprint density at radius 3 is 1.41 bits per heavy atom. The molecule has 3 nitrogen and oxygen atoms in total. The summed E-state index contributed by atoms with van der Waals surface area (Å²) in [4.78, 5) is 9.70. The van der Waals surface area contributed by atoms with Crippen LogP contribution >= 0.6 is 0 Å². The highest BCUT2D eigenvalue weighted by atomic mass is 16.1. The van der Waals surface area contributed by atoms with E-state index in [-0.39, 0.29) is 20.8 Å². The summed E-state index contributed by atoms with van der Waals surface area (Å²) in [6.45, 7) is 10.0. The largest absolute Gasteiger partial charge is 0.359 e. The van der Waals surface area contributed by atoms with Crippen LogP contribution in [0.25, 0.3) is 0 Å². The molecule has 0 spiro atoms. The van der Waals surface area contributed by atoms with Gasteiger partial charge in [0.15, 0.2) is 0 Å². The van der Waals surface area contributed by atoms with Gasteiger partial charge in [0.2, 0.25) is 5.91 Å². The van der Waals surface area contributed by atoms with E-state index < -0.39 is 0 Å². The third kappa shape index (κ3) is 36.3. The van der Waals surface area contributed by atoms with Crippen LogP contribution in [-0.4, -0.2) is 27.1 Å². The molecule has 1 amide bonds. The maximum atomic E-state index is 9.70. The van der Waals surface area contributed by atoms with Gasteiger partial charge < -0.3 is 10.6 Å². The average molecular weight is 315 g/mol. The Kier molecular flexibility index (Phi) is 41.3. The SMILES string of the molecule is C.C.CCC.CCc1ccc(C)cc1.CNC.CNC(C)=O. The van der Waals surface area contributed by atoms with Crippen LogP contribution < -0.4 is 10.6 Å². The highest BCUT2D eigenvalue weighted by Crippen LogP contribution is 2.02. The number of carbonyl (C=O) groups excluding carboxylic acids is 1. The summed E-state index contributed by atoms with van der Waals surface area (Å²) >= 11 is 0. The molecule has 0 aliphatic heterocycles. The first-order valence-corrected chi connectivity index (χ1v) is 7.25. The van der Waals surface area contributed by atoms with Crippen molar-refractivity contribution in [3.63, 3.8) is 0 Å². The summed E-state index contributed by atoms with van der Waals surface area (Å²) in [5, 5.41) is 5.14. The molecule has 0 aromatic heterocycles. The smallest absolute Gasteiger partial charge is 0.216 e. The Bertz CT molecular complexity index is 293. The Balaban J connectivity index is -0.0000000645. The zero-order chi connectivity index (χ0) is 16.4. The van der Waals surface area contributed by atoms with Crippen molar-refractivity contribution in [1.29, 1.82) is 0 Å². The highest BCUT2D eigenvalue weighted by Gasteiger charge is 1.84. The molecular weight excluding hydrogens is 272 g/mol. The summed E-state index contributed by atoms with van der Waals surface area (Å²) in [6.07, 6.45) is 2.39. The molecule has 0 radical (unpaired) electrons. The van der Waals surface area contributed by atoms with Crippen molar-refractivity contribution in [3.8, 4) is 0 Å². The van der Waals surface area contributed by atoms with Crippen molar-refractivity contribution in [1.82, 2.24) is 10.6 Å². The Morgan fingerprint density at radius 1 is 0.955 bits per heavy atom. The lowest BCUT2D eigenvalue weighted by molar-refractivity contribution is -0.118. The number of hydrogen-bond donors (Lipinski definition) is 2. The molecule has 3 heteroatoms.